The Balaban J connectivity index is -0.000000452. The molecule has 438 valence electrons. The van der Waals surface area contributed by atoms with Gasteiger partial charge < -0.3 is 35.7 Å². The lowest BCUT2D eigenvalue weighted by Crippen LogP contribution is -2.37. The maximum Gasteiger partial charge on any atom is 0.303 e. The Labute approximate surface area is 452 Å². The van der Waals surface area contributed by atoms with Crippen molar-refractivity contribution in [3.63, 3.8) is 0 Å². The first-order valence-electron chi connectivity index (χ1n) is 31.3. The highest BCUT2D eigenvalue weighted by Gasteiger charge is 2.26. The van der Waals surface area contributed by atoms with Gasteiger partial charge in [0.2, 0.25) is 0 Å². The molecule has 0 aromatic rings. The van der Waals surface area contributed by atoms with Crippen molar-refractivity contribution in [3.05, 3.63) is 12.2 Å². The van der Waals surface area contributed by atoms with E-state index in [1.54, 1.807) is 0 Å². The summed E-state index contributed by atoms with van der Waals surface area (Å²) in [6.07, 6.45) is 67.5. The van der Waals surface area contributed by atoms with Crippen LogP contribution in [0.25, 0.3) is 0 Å². The average Bonchev–Trinajstić information content (AvgIpc) is 3.38. The maximum absolute atomic E-state index is 10.4. The Morgan fingerprint density at radius 1 is 0.260 bits per heavy atom. The third-order valence-electron chi connectivity index (χ3n) is 14.0. The van der Waals surface area contributed by atoms with Crippen molar-refractivity contribution < 1.29 is 50.1 Å². The van der Waals surface area contributed by atoms with E-state index in [1.165, 1.54) is 263 Å². The molecule has 0 spiro atoms. The second-order valence-electron chi connectivity index (χ2n) is 21.5. The van der Waals surface area contributed by atoms with E-state index in [2.05, 4.69) is 32.9 Å². The van der Waals surface area contributed by atoms with Crippen LogP contribution in [0.5, 0.6) is 0 Å². The van der Waals surface area contributed by atoms with Crippen molar-refractivity contribution in [2.45, 2.75) is 342 Å². The predicted molar refractivity (Wildman–Crippen MR) is 311 cm³/mol. The van der Waals surface area contributed by atoms with Crippen LogP contribution in [-0.2, 0) is 14.4 Å². The van der Waals surface area contributed by atoms with Crippen LogP contribution < -0.4 is 0 Å². The number of carboxylic acid groups (broad SMARTS) is 3. The Morgan fingerprint density at radius 3 is 0.548 bits per heavy atom. The van der Waals surface area contributed by atoms with Crippen LogP contribution in [0, 0.1) is 5.41 Å². The molecule has 0 aromatic carbocycles. The number of aliphatic hydroxyl groups excluding tert-OH is 4. The Morgan fingerprint density at radius 2 is 0.411 bits per heavy atom. The number of allylic oxidation sites excluding steroid dienone is 2. The van der Waals surface area contributed by atoms with Gasteiger partial charge in [-0.25, -0.2) is 0 Å². The standard InChI is InChI=1S/C22H44O2.C18H36O2.C18H34O2.C5H12O4/c1-2-3-4-5-6-7-8-9-10-11-12-13-14-15-16-17-18-19-20-21-22(23)24;2*1-2-3-4-5-6-7-8-9-10-11-12-13-14-15-16-17-18(19)20;6-1-5(2-7,3-8)4-9/h2-21H2,1H3,(H,23,24);2-17H2,1H3,(H,19,20);9-10H,2-8,11-17H2,1H3,(H,19,20);6-9H,1-4H2. The molecule has 0 fully saturated rings. The molecule has 0 aliphatic rings. The maximum atomic E-state index is 10.4. The summed E-state index contributed by atoms with van der Waals surface area (Å²) in [5.41, 5.74) is -1.11. The van der Waals surface area contributed by atoms with Crippen LogP contribution in [0.4, 0.5) is 0 Å². The number of hydrogen-bond donors (Lipinski definition) is 7. The fraction of sp³-hybridized carbons (Fsp3) is 0.921. The van der Waals surface area contributed by atoms with Crippen LogP contribution in [0.15, 0.2) is 12.2 Å². The number of aliphatic hydroxyl groups is 4. The van der Waals surface area contributed by atoms with Gasteiger partial charge in [0.25, 0.3) is 0 Å². The van der Waals surface area contributed by atoms with Crippen molar-refractivity contribution in [2.24, 2.45) is 5.41 Å². The Kier molecular flexibility index (Phi) is 74.3. The highest BCUT2D eigenvalue weighted by atomic mass is 16.4. The number of rotatable bonds is 55. The fourth-order valence-electron chi connectivity index (χ4n) is 8.65. The van der Waals surface area contributed by atoms with E-state index in [4.69, 9.17) is 35.7 Å². The molecule has 0 aliphatic carbocycles. The molecular formula is C63H126O10. The summed E-state index contributed by atoms with van der Waals surface area (Å²) in [7, 11) is 0. The zero-order chi connectivity index (χ0) is 54.8. The molecule has 10 heteroatoms. The Bertz CT molecular complexity index is 1060. The minimum Gasteiger partial charge on any atom is -0.481 e. The van der Waals surface area contributed by atoms with Crippen molar-refractivity contribution >= 4 is 17.9 Å². The van der Waals surface area contributed by atoms with Crippen molar-refractivity contribution in [3.8, 4) is 0 Å². The van der Waals surface area contributed by atoms with E-state index in [1.807, 2.05) is 0 Å². The second kappa shape index (κ2) is 70.0. The molecule has 0 saturated carbocycles. The number of carboxylic acids is 3. The molecule has 0 unspecified atom stereocenters. The van der Waals surface area contributed by atoms with Crippen molar-refractivity contribution in [2.75, 3.05) is 26.4 Å². The topological polar surface area (TPSA) is 193 Å². The molecule has 0 saturated heterocycles. The lowest BCUT2D eigenvalue weighted by Gasteiger charge is -2.23. The van der Waals surface area contributed by atoms with Gasteiger partial charge in [-0.1, -0.05) is 290 Å². The van der Waals surface area contributed by atoms with Crippen LogP contribution in [0.2, 0.25) is 0 Å². The first-order valence-corrected chi connectivity index (χ1v) is 31.3. The minimum absolute atomic E-state index is 0.332. The lowest BCUT2D eigenvalue weighted by atomic mass is 9.93. The number of carbonyl (C=O) groups is 3. The van der Waals surface area contributed by atoms with Crippen molar-refractivity contribution in [1.82, 2.24) is 0 Å². The molecule has 0 amide bonds. The SMILES string of the molecule is CCCCCCCCC=CCCCCCCCC(=O)O.CCCCCCCCCCCCCCCCCC(=O)O.CCCCCCCCCCCCCCCCCCCCCC(=O)O.OCC(CO)(CO)CO. The molecule has 73 heavy (non-hydrogen) atoms. The summed E-state index contributed by atoms with van der Waals surface area (Å²) in [5.74, 6) is -1.97. The molecule has 0 aromatic heterocycles. The summed E-state index contributed by atoms with van der Waals surface area (Å²) in [6.45, 7) is 5.19. The molecule has 7 N–H and O–H groups in total. The summed E-state index contributed by atoms with van der Waals surface area (Å²) in [6, 6.07) is 0. The molecule has 0 bridgehead atoms. The van der Waals surface area contributed by atoms with Crippen LogP contribution in [0.3, 0.4) is 0 Å². The van der Waals surface area contributed by atoms with Crippen molar-refractivity contribution in [1.29, 1.82) is 0 Å². The van der Waals surface area contributed by atoms with Gasteiger partial charge in [-0.2, -0.15) is 0 Å². The monoisotopic (exact) mass is 1040 g/mol. The molecular weight excluding hydrogens is 917 g/mol. The van der Waals surface area contributed by atoms with Gasteiger partial charge in [-0.3, -0.25) is 14.4 Å². The highest BCUT2D eigenvalue weighted by molar-refractivity contribution is 5.67. The first kappa shape index (κ1) is 77.5. The van der Waals surface area contributed by atoms with E-state index in [0.717, 1.165) is 38.5 Å². The second-order valence-corrected chi connectivity index (χ2v) is 21.5. The summed E-state index contributed by atoms with van der Waals surface area (Å²) in [4.78, 5) is 31.0. The molecule has 0 atom stereocenters. The van der Waals surface area contributed by atoms with Gasteiger partial charge in [0.1, 0.15) is 0 Å². The predicted octanol–water partition coefficient (Wildman–Crippen LogP) is 18.3. The van der Waals surface area contributed by atoms with Crippen LogP contribution in [-0.4, -0.2) is 80.1 Å². The summed E-state index contributed by atoms with van der Waals surface area (Å²) >= 11 is 0. The smallest absolute Gasteiger partial charge is 0.303 e. The highest BCUT2D eigenvalue weighted by Crippen LogP contribution is 2.17. The van der Waals surface area contributed by atoms with Gasteiger partial charge in [-0.05, 0) is 44.9 Å². The Hall–Kier alpha value is -2.01. The lowest BCUT2D eigenvalue weighted by molar-refractivity contribution is -0.138. The first-order chi connectivity index (χ1) is 35.6. The molecule has 0 radical (unpaired) electrons. The van der Waals surface area contributed by atoms with E-state index in [-0.39, 0.29) is 0 Å². The summed E-state index contributed by atoms with van der Waals surface area (Å²) < 4.78 is 0. The fourth-order valence-corrected chi connectivity index (χ4v) is 8.65. The van der Waals surface area contributed by atoms with Crippen LogP contribution >= 0.6 is 0 Å². The number of unbranched alkanes of at least 4 members (excludes halogenated alkanes) is 43. The largest absolute Gasteiger partial charge is 0.481 e. The minimum atomic E-state index is -1.11. The molecule has 0 rings (SSSR count). The van der Waals surface area contributed by atoms with Gasteiger partial charge in [-0.15, -0.1) is 0 Å². The quantitative estimate of drug-likeness (QED) is 0.0228. The summed E-state index contributed by atoms with van der Waals surface area (Å²) in [5, 5.41) is 59.6. The number of hydrogen-bond acceptors (Lipinski definition) is 7. The average molecular weight is 1040 g/mol. The molecule has 0 heterocycles. The number of aliphatic carboxylic acids is 3. The molecule has 0 aliphatic heterocycles. The normalized spacial score (nSPS) is 11.2. The van der Waals surface area contributed by atoms with Crippen LogP contribution in [0.1, 0.15) is 342 Å². The zero-order valence-corrected chi connectivity index (χ0v) is 48.7. The molecule has 10 nitrogen and oxygen atoms in total. The third kappa shape index (κ3) is 76.6. The van der Waals surface area contributed by atoms with Gasteiger partial charge in [0.05, 0.1) is 31.8 Å². The van der Waals surface area contributed by atoms with Gasteiger partial charge >= 0.3 is 17.9 Å². The third-order valence-corrected chi connectivity index (χ3v) is 14.0. The van der Waals surface area contributed by atoms with E-state index in [0.29, 0.717) is 19.3 Å². The van der Waals surface area contributed by atoms with Gasteiger partial charge in [0.15, 0.2) is 0 Å². The zero-order valence-electron chi connectivity index (χ0n) is 48.7. The van der Waals surface area contributed by atoms with E-state index in [9.17, 15) is 14.4 Å². The van der Waals surface area contributed by atoms with E-state index >= 15 is 0 Å². The van der Waals surface area contributed by atoms with E-state index < -0.39 is 49.8 Å². The van der Waals surface area contributed by atoms with Gasteiger partial charge in [0, 0.05) is 19.3 Å².